The van der Waals surface area contributed by atoms with Gasteiger partial charge in [-0.05, 0) is 55.7 Å². The van der Waals surface area contributed by atoms with Crippen molar-refractivity contribution in [2.45, 2.75) is 20.8 Å². The Morgan fingerprint density at radius 2 is 1.74 bits per heavy atom. The van der Waals surface area contributed by atoms with E-state index in [0.717, 1.165) is 11.3 Å². The van der Waals surface area contributed by atoms with Gasteiger partial charge in [-0.2, -0.15) is 0 Å². The van der Waals surface area contributed by atoms with Gasteiger partial charge in [0.2, 0.25) is 0 Å². The molecule has 3 heteroatoms. The fourth-order valence-corrected chi connectivity index (χ4v) is 1.90. The lowest BCUT2D eigenvalue weighted by Gasteiger charge is -2.14. The molecule has 0 aliphatic carbocycles. The predicted octanol–water partition coefficient (Wildman–Crippen LogP) is 3.69. The van der Waals surface area contributed by atoms with Crippen LogP contribution in [0.3, 0.4) is 0 Å². The van der Waals surface area contributed by atoms with Gasteiger partial charge in [-0.1, -0.05) is 18.2 Å². The molecule has 0 atom stereocenters. The summed E-state index contributed by atoms with van der Waals surface area (Å²) in [4.78, 5) is 0. The van der Waals surface area contributed by atoms with Crippen molar-refractivity contribution in [2.24, 2.45) is 5.73 Å². The predicted molar refractivity (Wildman–Crippen MR) is 78.2 cm³/mol. The number of para-hydroxylation sites is 1. The molecule has 2 rings (SSSR count). The van der Waals surface area contributed by atoms with Crippen LogP contribution in [0.4, 0.5) is 0 Å². The van der Waals surface area contributed by atoms with Gasteiger partial charge in [0.25, 0.3) is 0 Å². The zero-order valence-corrected chi connectivity index (χ0v) is 11.4. The molecule has 0 aliphatic heterocycles. The Hall–Kier alpha value is -2.29. The topological polar surface area (TPSA) is 59.1 Å². The molecule has 0 spiro atoms. The van der Waals surface area contributed by atoms with Crippen molar-refractivity contribution in [3.63, 3.8) is 0 Å². The molecule has 2 aromatic carbocycles. The van der Waals surface area contributed by atoms with Gasteiger partial charge in [-0.25, -0.2) is 0 Å². The zero-order chi connectivity index (χ0) is 14.0. The molecule has 0 radical (unpaired) electrons. The summed E-state index contributed by atoms with van der Waals surface area (Å²) in [5.41, 5.74) is 9.58. The van der Waals surface area contributed by atoms with Crippen LogP contribution in [0.25, 0.3) is 0 Å². The molecule has 0 heterocycles. The van der Waals surface area contributed by atoms with Crippen LogP contribution in [0.5, 0.6) is 11.5 Å². The molecule has 98 valence electrons. The maximum absolute atomic E-state index is 7.61. The fourth-order valence-electron chi connectivity index (χ4n) is 1.90. The molecular formula is C16H18N2O. The van der Waals surface area contributed by atoms with Gasteiger partial charge in [0, 0.05) is 0 Å². The maximum Gasteiger partial charge on any atom is 0.141 e. The van der Waals surface area contributed by atoms with Crippen molar-refractivity contribution >= 4 is 5.84 Å². The molecule has 3 nitrogen and oxygen atoms in total. The van der Waals surface area contributed by atoms with Crippen molar-refractivity contribution < 1.29 is 4.74 Å². The average molecular weight is 254 g/mol. The summed E-state index contributed by atoms with van der Waals surface area (Å²) in [5.74, 6) is 1.43. The minimum Gasteiger partial charge on any atom is -0.456 e. The van der Waals surface area contributed by atoms with Crippen LogP contribution >= 0.6 is 0 Å². The second-order valence-electron chi connectivity index (χ2n) is 4.71. The van der Waals surface area contributed by atoms with Gasteiger partial charge in [-0.15, -0.1) is 0 Å². The van der Waals surface area contributed by atoms with E-state index in [1.54, 1.807) is 6.07 Å². The highest BCUT2D eigenvalue weighted by atomic mass is 16.5. The standard InChI is InChI=1S/C16H18N2O/c1-10-7-8-13(9-12(10)3)19-15-11(2)5-4-6-14(15)16(17)18/h4-9H,1-3H3,(H3,17,18). The van der Waals surface area contributed by atoms with Crippen molar-refractivity contribution in [3.05, 3.63) is 58.7 Å². The average Bonchev–Trinajstić information content (AvgIpc) is 2.36. The molecule has 0 saturated carbocycles. The third-order valence-electron chi connectivity index (χ3n) is 3.20. The smallest absolute Gasteiger partial charge is 0.141 e. The van der Waals surface area contributed by atoms with Crippen molar-refractivity contribution in [3.8, 4) is 11.5 Å². The molecule has 0 bridgehead atoms. The molecule has 0 fully saturated rings. The first kappa shape index (κ1) is 13.1. The number of ether oxygens (including phenoxy) is 1. The van der Waals surface area contributed by atoms with E-state index in [4.69, 9.17) is 15.9 Å². The summed E-state index contributed by atoms with van der Waals surface area (Å²) in [7, 11) is 0. The number of nitrogen functional groups attached to an aromatic ring is 1. The lowest BCUT2D eigenvalue weighted by atomic mass is 10.1. The number of hydrogen-bond acceptors (Lipinski definition) is 2. The van der Waals surface area contributed by atoms with Crippen LogP contribution in [-0.2, 0) is 0 Å². The molecule has 2 aromatic rings. The van der Waals surface area contributed by atoms with Gasteiger partial charge >= 0.3 is 0 Å². The van der Waals surface area contributed by atoms with Crippen LogP contribution in [0.2, 0.25) is 0 Å². The molecule has 0 aliphatic rings. The number of amidine groups is 1. The van der Waals surface area contributed by atoms with Crippen LogP contribution < -0.4 is 10.5 Å². The number of rotatable bonds is 3. The molecule has 0 amide bonds. The Morgan fingerprint density at radius 1 is 1.00 bits per heavy atom. The van der Waals surface area contributed by atoms with Crippen LogP contribution in [0.15, 0.2) is 36.4 Å². The van der Waals surface area contributed by atoms with E-state index in [9.17, 15) is 0 Å². The summed E-state index contributed by atoms with van der Waals surface area (Å²) in [5, 5.41) is 7.61. The minimum atomic E-state index is 0.0162. The fraction of sp³-hybridized carbons (Fsp3) is 0.188. The molecule has 0 aromatic heterocycles. The van der Waals surface area contributed by atoms with Crippen molar-refractivity contribution in [1.29, 1.82) is 5.41 Å². The van der Waals surface area contributed by atoms with Gasteiger partial charge in [0.05, 0.1) is 5.56 Å². The van der Waals surface area contributed by atoms with E-state index < -0.39 is 0 Å². The number of aryl methyl sites for hydroxylation is 3. The second-order valence-corrected chi connectivity index (χ2v) is 4.71. The summed E-state index contributed by atoms with van der Waals surface area (Å²) < 4.78 is 5.92. The van der Waals surface area contributed by atoms with E-state index in [1.165, 1.54) is 11.1 Å². The number of nitrogens with two attached hydrogens (primary N) is 1. The highest BCUT2D eigenvalue weighted by Gasteiger charge is 2.10. The van der Waals surface area contributed by atoms with E-state index in [0.29, 0.717) is 11.3 Å². The first-order chi connectivity index (χ1) is 8.99. The van der Waals surface area contributed by atoms with Gasteiger partial charge in [-0.3, -0.25) is 5.41 Å². The highest BCUT2D eigenvalue weighted by Crippen LogP contribution is 2.29. The van der Waals surface area contributed by atoms with Crippen LogP contribution in [-0.4, -0.2) is 5.84 Å². The van der Waals surface area contributed by atoms with Crippen LogP contribution in [0.1, 0.15) is 22.3 Å². The molecule has 0 unspecified atom stereocenters. The third-order valence-corrected chi connectivity index (χ3v) is 3.20. The molecule has 3 N–H and O–H groups in total. The SMILES string of the molecule is Cc1ccc(Oc2c(C)cccc2C(=N)N)cc1C. The second kappa shape index (κ2) is 5.14. The first-order valence-corrected chi connectivity index (χ1v) is 6.18. The largest absolute Gasteiger partial charge is 0.456 e. The first-order valence-electron chi connectivity index (χ1n) is 6.18. The number of benzene rings is 2. The van der Waals surface area contributed by atoms with Gasteiger partial charge < -0.3 is 10.5 Å². The lowest BCUT2D eigenvalue weighted by molar-refractivity contribution is 0.477. The lowest BCUT2D eigenvalue weighted by Crippen LogP contribution is -2.12. The summed E-state index contributed by atoms with van der Waals surface area (Å²) in [6.45, 7) is 6.06. The molecule has 0 saturated heterocycles. The highest BCUT2D eigenvalue weighted by molar-refractivity contribution is 5.98. The normalized spacial score (nSPS) is 10.3. The third kappa shape index (κ3) is 2.76. The van der Waals surface area contributed by atoms with E-state index >= 15 is 0 Å². The summed E-state index contributed by atoms with van der Waals surface area (Å²) in [6, 6.07) is 11.6. The van der Waals surface area contributed by atoms with Gasteiger partial charge in [0.15, 0.2) is 0 Å². The zero-order valence-electron chi connectivity index (χ0n) is 11.4. The Kier molecular flexibility index (Phi) is 3.56. The molecular weight excluding hydrogens is 236 g/mol. The quantitative estimate of drug-likeness (QED) is 0.648. The Bertz CT molecular complexity index is 633. The summed E-state index contributed by atoms with van der Waals surface area (Å²) in [6.07, 6.45) is 0. The number of hydrogen-bond donors (Lipinski definition) is 2. The molecule has 19 heavy (non-hydrogen) atoms. The van der Waals surface area contributed by atoms with Gasteiger partial charge in [0.1, 0.15) is 17.3 Å². The Morgan fingerprint density at radius 3 is 2.37 bits per heavy atom. The van der Waals surface area contributed by atoms with Crippen molar-refractivity contribution in [2.75, 3.05) is 0 Å². The van der Waals surface area contributed by atoms with E-state index in [-0.39, 0.29) is 5.84 Å². The number of nitrogens with one attached hydrogen (secondary N) is 1. The Labute approximate surface area is 113 Å². The minimum absolute atomic E-state index is 0.0162. The Balaban J connectivity index is 2.42. The maximum atomic E-state index is 7.61. The van der Waals surface area contributed by atoms with E-state index in [2.05, 4.69) is 6.92 Å². The van der Waals surface area contributed by atoms with E-state index in [1.807, 2.05) is 44.2 Å². The summed E-state index contributed by atoms with van der Waals surface area (Å²) >= 11 is 0. The van der Waals surface area contributed by atoms with Crippen LogP contribution in [0, 0.1) is 26.2 Å². The van der Waals surface area contributed by atoms with Crippen molar-refractivity contribution in [1.82, 2.24) is 0 Å². The monoisotopic (exact) mass is 254 g/mol.